The maximum absolute atomic E-state index is 13.1. The van der Waals surface area contributed by atoms with Gasteiger partial charge in [-0.05, 0) is 47.5 Å². The Morgan fingerprint density at radius 3 is 2.69 bits per heavy atom. The van der Waals surface area contributed by atoms with Gasteiger partial charge in [-0.1, -0.05) is 18.2 Å². The van der Waals surface area contributed by atoms with E-state index >= 15 is 0 Å². The SMILES string of the molecule is N#CCNC(=O)c1cc(N)cc(-c2ccc3cnn(-c4cccc(C(F)(F)F)n4)c3c2)c1. The molecule has 0 spiro atoms. The number of nitrogens with one attached hydrogen (secondary N) is 1. The fourth-order valence-corrected chi connectivity index (χ4v) is 3.25. The van der Waals surface area contributed by atoms with Crippen LogP contribution in [0, 0.1) is 11.3 Å². The number of alkyl halides is 3. The highest BCUT2D eigenvalue weighted by Gasteiger charge is 2.32. The smallest absolute Gasteiger partial charge is 0.399 e. The van der Waals surface area contributed by atoms with E-state index in [4.69, 9.17) is 11.0 Å². The van der Waals surface area contributed by atoms with E-state index in [0.717, 1.165) is 6.07 Å². The summed E-state index contributed by atoms with van der Waals surface area (Å²) in [6, 6.07) is 15.5. The minimum Gasteiger partial charge on any atom is -0.399 e. The highest BCUT2D eigenvalue weighted by Crippen LogP contribution is 2.30. The van der Waals surface area contributed by atoms with E-state index in [9.17, 15) is 18.0 Å². The number of nitriles is 1. The van der Waals surface area contributed by atoms with Crippen molar-refractivity contribution in [3.8, 4) is 23.0 Å². The van der Waals surface area contributed by atoms with Crippen molar-refractivity contribution in [3.05, 3.63) is 72.1 Å². The van der Waals surface area contributed by atoms with Crippen molar-refractivity contribution in [2.24, 2.45) is 0 Å². The first-order valence-corrected chi connectivity index (χ1v) is 9.35. The van der Waals surface area contributed by atoms with Gasteiger partial charge < -0.3 is 11.1 Å². The number of nitrogens with two attached hydrogens (primary N) is 1. The number of carbonyl (C=O) groups is 1. The lowest BCUT2D eigenvalue weighted by atomic mass is 10.0. The Labute approximate surface area is 179 Å². The molecule has 4 rings (SSSR count). The molecule has 2 heterocycles. The molecule has 0 atom stereocenters. The lowest BCUT2D eigenvalue weighted by Gasteiger charge is -2.10. The Kier molecular flexibility index (Phi) is 5.24. The monoisotopic (exact) mass is 436 g/mol. The third kappa shape index (κ3) is 4.09. The van der Waals surface area contributed by atoms with Gasteiger partial charge in [0, 0.05) is 16.6 Å². The zero-order chi connectivity index (χ0) is 22.9. The van der Waals surface area contributed by atoms with E-state index < -0.39 is 17.8 Å². The van der Waals surface area contributed by atoms with Crippen LogP contribution in [0.1, 0.15) is 16.1 Å². The lowest BCUT2D eigenvalue weighted by Crippen LogP contribution is -2.23. The molecule has 160 valence electrons. The highest BCUT2D eigenvalue weighted by molar-refractivity contribution is 5.97. The van der Waals surface area contributed by atoms with Crippen LogP contribution in [0.5, 0.6) is 0 Å². The van der Waals surface area contributed by atoms with Crippen LogP contribution in [0.3, 0.4) is 0 Å². The molecule has 0 radical (unpaired) electrons. The number of nitrogen functional groups attached to an aromatic ring is 1. The van der Waals surface area contributed by atoms with Gasteiger partial charge in [0.1, 0.15) is 12.2 Å². The van der Waals surface area contributed by atoms with Gasteiger partial charge in [-0.3, -0.25) is 4.79 Å². The quantitative estimate of drug-likeness (QED) is 0.372. The average Bonchev–Trinajstić information content (AvgIpc) is 3.20. The fourth-order valence-electron chi connectivity index (χ4n) is 3.25. The molecule has 1 amide bonds. The van der Waals surface area contributed by atoms with Crippen molar-refractivity contribution in [3.63, 3.8) is 0 Å². The second-order valence-corrected chi connectivity index (χ2v) is 6.89. The topological polar surface area (TPSA) is 110 Å². The molecule has 10 heteroatoms. The van der Waals surface area contributed by atoms with Crippen molar-refractivity contribution in [1.29, 1.82) is 5.26 Å². The number of pyridine rings is 1. The van der Waals surface area contributed by atoms with E-state index in [2.05, 4.69) is 15.4 Å². The van der Waals surface area contributed by atoms with Crippen molar-refractivity contribution in [2.75, 3.05) is 12.3 Å². The molecule has 7 nitrogen and oxygen atoms in total. The number of anilines is 1. The number of nitrogens with zero attached hydrogens (tertiary/aromatic N) is 4. The summed E-state index contributed by atoms with van der Waals surface area (Å²) in [5.41, 5.74) is 7.40. The summed E-state index contributed by atoms with van der Waals surface area (Å²) in [5.74, 6) is -0.421. The second-order valence-electron chi connectivity index (χ2n) is 6.89. The zero-order valence-electron chi connectivity index (χ0n) is 16.4. The summed E-state index contributed by atoms with van der Waals surface area (Å²) in [6.07, 6.45) is -3.05. The number of carbonyl (C=O) groups excluding carboxylic acids is 1. The van der Waals surface area contributed by atoms with Crippen LogP contribution in [-0.4, -0.2) is 27.2 Å². The summed E-state index contributed by atoms with van der Waals surface area (Å²) < 4.78 is 40.5. The lowest BCUT2D eigenvalue weighted by molar-refractivity contribution is -0.141. The normalized spacial score (nSPS) is 11.3. The predicted octanol–water partition coefficient (Wildman–Crippen LogP) is 3.94. The molecule has 0 saturated heterocycles. The maximum atomic E-state index is 13.1. The van der Waals surface area contributed by atoms with Crippen LogP contribution < -0.4 is 11.1 Å². The van der Waals surface area contributed by atoms with E-state index in [0.29, 0.717) is 27.7 Å². The predicted molar refractivity (Wildman–Crippen MR) is 112 cm³/mol. The summed E-state index contributed by atoms with van der Waals surface area (Å²) in [5, 5.41) is 16.0. The summed E-state index contributed by atoms with van der Waals surface area (Å²) in [4.78, 5) is 15.9. The van der Waals surface area contributed by atoms with Gasteiger partial charge in [-0.25, -0.2) is 9.67 Å². The second kappa shape index (κ2) is 8.03. The molecule has 0 saturated carbocycles. The van der Waals surface area contributed by atoms with Crippen molar-refractivity contribution < 1.29 is 18.0 Å². The van der Waals surface area contributed by atoms with Crippen molar-refractivity contribution in [2.45, 2.75) is 6.18 Å². The van der Waals surface area contributed by atoms with Gasteiger partial charge >= 0.3 is 6.18 Å². The van der Waals surface area contributed by atoms with Crippen LogP contribution in [-0.2, 0) is 6.18 Å². The third-order valence-corrected chi connectivity index (χ3v) is 4.69. The van der Waals surface area contributed by atoms with Gasteiger partial charge in [-0.15, -0.1) is 0 Å². The van der Waals surface area contributed by atoms with Gasteiger partial charge in [-0.2, -0.15) is 23.5 Å². The van der Waals surface area contributed by atoms with E-state index in [1.807, 2.05) is 6.07 Å². The molecule has 2 aromatic carbocycles. The number of amides is 1. The van der Waals surface area contributed by atoms with E-state index in [1.165, 1.54) is 29.1 Å². The third-order valence-electron chi connectivity index (χ3n) is 4.69. The fraction of sp³-hybridized carbons (Fsp3) is 0.0909. The first-order chi connectivity index (χ1) is 15.3. The molecule has 0 aliphatic rings. The Morgan fingerprint density at radius 1 is 1.12 bits per heavy atom. The van der Waals surface area contributed by atoms with Crippen LogP contribution >= 0.6 is 0 Å². The molecule has 4 aromatic rings. The van der Waals surface area contributed by atoms with Gasteiger partial charge in [0.2, 0.25) is 0 Å². The number of aromatic nitrogens is 3. The van der Waals surface area contributed by atoms with E-state index in [1.54, 1.807) is 30.3 Å². The Morgan fingerprint density at radius 2 is 1.94 bits per heavy atom. The number of halogens is 3. The van der Waals surface area contributed by atoms with Crippen LogP contribution in [0.15, 0.2) is 60.8 Å². The molecule has 0 bridgehead atoms. The molecule has 2 aromatic heterocycles. The number of benzene rings is 2. The summed E-state index contributed by atoms with van der Waals surface area (Å²) in [6.45, 7) is -0.141. The van der Waals surface area contributed by atoms with E-state index in [-0.39, 0.29) is 17.9 Å². The van der Waals surface area contributed by atoms with Gasteiger partial charge in [0.05, 0.1) is 17.8 Å². The number of hydrogen-bond donors (Lipinski definition) is 2. The molecule has 0 fully saturated rings. The molecular weight excluding hydrogens is 421 g/mol. The van der Waals surface area contributed by atoms with Crippen molar-refractivity contribution in [1.82, 2.24) is 20.1 Å². The first kappa shape index (κ1) is 20.9. The van der Waals surface area contributed by atoms with Crippen molar-refractivity contribution >= 4 is 22.5 Å². The van der Waals surface area contributed by atoms with Gasteiger partial charge in [0.25, 0.3) is 5.91 Å². The number of hydrogen-bond acceptors (Lipinski definition) is 5. The molecule has 3 N–H and O–H groups in total. The Balaban J connectivity index is 1.78. The van der Waals surface area contributed by atoms with Crippen LogP contribution in [0.4, 0.5) is 18.9 Å². The molecule has 32 heavy (non-hydrogen) atoms. The maximum Gasteiger partial charge on any atom is 0.433 e. The minimum absolute atomic E-state index is 0.0242. The largest absolute Gasteiger partial charge is 0.433 e. The molecule has 0 aliphatic heterocycles. The zero-order valence-corrected chi connectivity index (χ0v) is 16.4. The Hall–Kier alpha value is -4.39. The molecular formula is C22H15F3N6O. The summed E-state index contributed by atoms with van der Waals surface area (Å²) in [7, 11) is 0. The number of fused-ring (bicyclic) bond motifs is 1. The highest BCUT2D eigenvalue weighted by atomic mass is 19.4. The van der Waals surface area contributed by atoms with Crippen LogP contribution in [0.25, 0.3) is 27.8 Å². The standard InChI is InChI=1S/C22H15F3N6O/c23-22(24,25)19-2-1-3-20(30-19)31-18-11-13(4-5-14(18)12-29-31)15-8-16(10-17(27)9-15)21(32)28-7-6-26/h1-5,8-12H,7,27H2,(H,28,32). The Bertz CT molecular complexity index is 1370. The minimum atomic E-state index is -4.58. The average molecular weight is 436 g/mol. The van der Waals surface area contributed by atoms with Gasteiger partial charge in [0.15, 0.2) is 5.82 Å². The molecule has 0 unspecified atom stereocenters. The number of rotatable bonds is 4. The van der Waals surface area contributed by atoms with Crippen LogP contribution in [0.2, 0.25) is 0 Å². The first-order valence-electron chi connectivity index (χ1n) is 9.35. The molecule has 0 aliphatic carbocycles. The summed E-state index contributed by atoms with van der Waals surface area (Å²) >= 11 is 0.